The van der Waals surface area contributed by atoms with Gasteiger partial charge in [0.25, 0.3) is 0 Å². The molecule has 2 unspecified atom stereocenters. The SMILES string of the molecule is C=CC1CC1(NC(=O)[C@@H]1CCCN1C(=O)[C@@H](NC(=O)OC(C)(C)C)C(C)(C)C)P(=O)(O)O. The van der Waals surface area contributed by atoms with Gasteiger partial charge in [0.1, 0.15) is 23.0 Å². The Hall–Kier alpha value is -1.90. The molecule has 11 heteroatoms. The minimum atomic E-state index is -4.63. The third-order valence-corrected chi connectivity index (χ3v) is 7.41. The van der Waals surface area contributed by atoms with Crippen LogP contribution in [0.4, 0.5) is 4.79 Å². The lowest BCUT2D eigenvalue weighted by Gasteiger charge is -2.36. The fraction of sp³-hybridized carbons (Fsp3) is 0.762. The summed E-state index contributed by atoms with van der Waals surface area (Å²) in [6, 6.07) is -1.84. The van der Waals surface area contributed by atoms with Gasteiger partial charge in [0.05, 0.1) is 0 Å². The smallest absolute Gasteiger partial charge is 0.408 e. The van der Waals surface area contributed by atoms with Crippen LogP contribution in [0.25, 0.3) is 0 Å². The van der Waals surface area contributed by atoms with Gasteiger partial charge in [0, 0.05) is 12.5 Å². The number of carbonyl (C=O) groups is 3. The van der Waals surface area contributed by atoms with E-state index >= 15 is 0 Å². The maximum Gasteiger partial charge on any atom is 0.408 e. The number of nitrogens with one attached hydrogen (secondary N) is 2. The van der Waals surface area contributed by atoms with Crippen LogP contribution in [-0.4, -0.2) is 62.1 Å². The molecule has 1 aliphatic carbocycles. The number of amides is 3. The van der Waals surface area contributed by atoms with Gasteiger partial charge in [-0.25, -0.2) is 4.79 Å². The Morgan fingerprint density at radius 2 is 1.81 bits per heavy atom. The molecule has 2 fully saturated rings. The molecule has 0 aromatic rings. The first-order chi connectivity index (χ1) is 14.4. The van der Waals surface area contributed by atoms with E-state index < -0.39 is 59.8 Å². The van der Waals surface area contributed by atoms with Crippen LogP contribution in [0.1, 0.15) is 60.8 Å². The molecule has 4 N–H and O–H groups in total. The van der Waals surface area contributed by atoms with Crippen molar-refractivity contribution in [3.8, 4) is 0 Å². The van der Waals surface area contributed by atoms with Gasteiger partial charge < -0.3 is 30.1 Å². The van der Waals surface area contributed by atoms with Crippen molar-refractivity contribution in [3.05, 3.63) is 12.7 Å². The van der Waals surface area contributed by atoms with Crippen molar-refractivity contribution >= 4 is 25.5 Å². The van der Waals surface area contributed by atoms with Crippen molar-refractivity contribution < 1.29 is 33.5 Å². The fourth-order valence-electron chi connectivity index (χ4n) is 3.95. The van der Waals surface area contributed by atoms with E-state index in [-0.39, 0.29) is 6.42 Å². The Morgan fingerprint density at radius 1 is 1.22 bits per heavy atom. The second-order valence-electron chi connectivity index (χ2n) is 10.6. The summed E-state index contributed by atoms with van der Waals surface area (Å²) < 4.78 is 17.3. The second-order valence-corrected chi connectivity index (χ2v) is 12.5. The zero-order valence-electron chi connectivity index (χ0n) is 19.7. The first kappa shape index (κ1) is 26.4. The zero-order chi connectivity index (χ0) is 24.7. The Kier molecular flexibility index (Phi) is 7.25. The molecular formula is C21H36N3O7P. The Morgan fingerprint density at radius 3 is 2.25 bits per heavy atom. The average molecular weight is 474 g/mol. The van der Waals surface area contributed by atoms with Crippen molar-refractivity contribution in [1.82, 2.24) is 15.5 Å². The molecule has 10 nitrogen and oxygen atoms in total. The van der Waals surface area contributed by atoms with Crippen LogP contribution in [0.3, 0.4) is 0 Å². The summed E-state index contributed by atoms with van der Waals surface area (Å²) in [5.41, 5.74) is -1.41. The second kappa shape index (κ2) is 8.80. The molecule has 1 saturated heterocycles. The summed E-state index contributed by atoms with van der Waals surface area (Å²) in [5, 5.41) is 3.47. The first-order valence-electron chi connectivity index (χ1n) is 10.7. The van der Waals surface area contributed by atoms with Crippen molar-refractivity contribution in [2.45, 2.75) is 83.8 Å². The van der Waals surface area contributed by atoms with E-state index in [0.29, 0.717) is 19.4 Å². The van der Waals surface area contributed by atoms with Crippen LogP contribution < -0.4 is 10.6 Å². The molecule has 4 atom stereocenters. The highest BCUT2D eigenvalue weighted by molar-refractivity contribution is 7.54. The predicted molar refractivity (Wildman–Crippen MR) is 119 cm³/mol. The number of nitrogens with zero attached hydrogens (tertiary/aromatic N) is 1. The summed E-state index contributed by atoms with van der Waals surface area (Å²) >= 11 is 0. The topological polar surface area (TPSA) is 145 Å². The quantitative estimate of drug-likeness (QED) is 0.341. The standard InChI is InChI=1S/C21H36N3O7P/c1-8-13-12-21(13,32(28,29)30)23-16(25)14-10-9-11-24(14)17(26)15(19(2,3)4)22-18(27)31-20(5,6)7/h8,13-15H,1,9-12H2,2-7H3,(H,22,27)(H,23,25)(H2,28,29,30)/t13?,14-,15+,21?/m0/s1. The minimum Gasteiger partial charge on any atom is -0.444 e. The van der Waals surface area contributed by atoms with E-state index in [9.17, 15) is 28.7 Å². The number of carbonyl (C=O) groups excluding carboxylic acids is 3. The number of hydrogen-bond acceptors (Lipinski definition) is 5. The Balaban J connectivity index is 2.20. The normalized spacial score (nSPS) is 26.8. The average Bonchev–Trinajstić information content (AvgIpc) is 3.11. The van der Waals surface area contributed by atoms with Crippen molar-refractivity contribution in [3.63, 3.8) is 0 Å². The van der Waals surface area contributed by atoms with Gasteiger partial charge in [-0.05, 0) is 45.4 Å². The van der Waals surface area contributed by atoms with Crippen molar-refractivity contribution in [2.24, 2.45) is 11.3 Å². The zero-order valence-corrected chi connectivity index (χ0v) is 20.6. The molecule has 2 rings (SSSR count). The molecule has 182 valence electrons. The van der Waals surface area contributed by atoms with Crippen LogP contribution in [0.2, 0.25) is 0 Å². The molecule has 1 aliphatic heterocycles. The van der Waals surface area contributed by atoms with E-state index in [2.05, 4.69) is 17.2 Å². The first-order valence-corrected chi connectivity index (χ1v) is 12.3. The van der Waals surface area contributed by atoms with Crippen LogP contribution in [0.5, 0.6) is 0 Å². The van der Waals surface area contributed by atoms with Crippen LogP contribution in [-0.2, 0) is 18.9 Å². The van der Waals surface area contributed by atoms with Crippen LogP contribution in [0.15, 0.2) is 12.7 Å². The molecule has 1 heterocycles. The summed E-state index contributed by atoms with van der Waals surface area (Å²) in [5.74, 6) is -1.59. The minimum absolute atomic E-state index is 0.0952. The predicted octanol–water partition coefficient (Wildman–Crippen LogP) is 2.11. The lowest BCUT2D eigenvalue weighted by atomic mass is 9.85. The van der Waals surface area contributed by atoms with E-state index in [0.717, 1.165) is 0 Å². The maximum absolute atomic E-state index is 13.4. The highest BCUT2D eigenvalue weighted by Gasteiger charge is 2.66. The summed E-state index contributed by atoms with van der Waals surface area (Å²) in [4.78, 5) is 59.7. The molecule has 2 aliphatic rings. The highest BCUT2D eigenvalue weighted by Crippen LogP contribution is 2.67. The number of hydrogen-bond donors (Lipinski definition) is 4. The summed E-state index contributed by atoms with van der Waals surface area (Å²) in [6.45, 7) is 14.4. The lowest BCUT2D eigenvalue weighted by molar-refractivity contribution is -0.142. The molecule has 0 radical (unpaired) electrons. The van der Waals surface area contributed by atoms with Crippen molar-refractivity contribution in [2.75, 3.05) is 6.54 Å². The molecule has 0 spiro atoms. The number of ether oxygens (including phenoxy) is 1. The van der Waals surface area contributed by atoms with Gasteiger partial charge >= 0.3 is 13.7 Å². The highest BCUT2D eigenvalue weighted by atomic mass is 31.2. The molecule has 32 heavy (non-hydrogen) atoms. The molecule has 0 aromatic carbocycles. The van der Waals surface area contributed by atoms with Gasteiger partial charge in [0.15, 0.2) is 0 Å². The van der Waals surface area contributed by atoms with E-state index in [1.807, 2.05) is 0 Å². The van der Waals surface area contributed by atoms with Crippen molar-refractivity contribution in [1.29, 1.82) is 0 Å². The van der Waals surface area contributed by atoms with E-state index in [4.69, 9.17) is 4.74 Å². The van der Waals surface area contributed by atoms with E-state index in [1.165, 1.54) is 11.0 Å². The summed E-state index contributed by atoms with van der Waals surface area (Å²) in [7, 11) is -4.63. The Bertz CT molecular complexity index is 826. The van der Waals surface area contributed by atoms with E-state index in [1.54, 1.807) is 41.5 Å². The van der Waals surface area contributed by atoms with Crippen LogP contribution >= 0.6 is 7.60 Å². The fourth-order valence-corrected chi connectivity index (χ4v) is 5.17. The van der Waals surface area contributed by atoms with Gasteiger partial charge in [-0.3, -0.25) is 14.2 Å². The molecule has 3 amide bonds. The third-order valence-electron chi connectivity index (χ3n) is 5.74. The largest absolute Gasteiger partial charge is 0.444 e. The monoisotopic (exact) mass is 473 g/mol. The molecular weight excluding hydrogens is 437 g/mol. The summed E-state index contributed by atoms with van der Waals surface area (Å²) in [6.07, 6.45) is 1.69. The maximum atomic E-state index is 13.4. The van der Waals surface area contributed by atoms with Gasteiger partial charge in [-0.1, -0.05) is 26.8 Å². The van der Waals surface area contributed by atoms with Gasteiger partial charge in [-0.15, -0.1) is 6.58 Å². The lowest BCUT2D eigenvalue weighted by Crippen LogP contribution is -2.58. The number of alkyl carbamates (subject to hydrolysis) is 1. The number of likely N-dealkylation sites (tertiary alicyclic amines) is 1. The molecule has 1 saturated carbocycles. The van der Waals surface area contributed by atoms with Gasteiger partial charge in [-0.2, -0.15) is 0 Å². The number of rotatable bonds is 6. The molecule has 0 bridgehead atoms. The van der Waals surface area contributed by atoms with Crippen LogP contribution in [0, 0.1) is 11.3 Å². The third kappa shape index (κ3) is 5.71. The Labute approximate surface area is 189 Å². The van der Waals surface area contributed by atoms with Gasteiger partial charge in [0.2, 0.25) is 11.8 Å². The molecule has 0 aromatic heterocycles.